The number of nitrogens with zero attached hydrogens (tertiary/aromatic N) is 2. The molecule has 2 rings (SSSR count). The van der Waals surface area contributed by atoms with Crippen LogP contribution in [0.2, 0.25) is 0 Å². The molecule has 21 heavy (non-hydrogen) atoms. The van der Waals surface area contributed by atoms with Crippen molar-refractivity contribution in [2.45, 2.75) is 46.5 Å². The number of oxime groups is 1. The van der Waals surface area contributed by atoms with Gasteiger partial charge in [-0.25, -0.2) is 0 Å². The molecule has 0 aliphatic carbocycles. The second-order valence-corrected chi connectivity index (χ2v) is 6.15. The van der Waals surface area contributed by atoms with Gasteiger partial charge in [-0.05, 0) is 36.8 Å². The molecule has 0 atom stereocenters. The SMILES string of the molecule is CCC1(CC)CCN(c2c(C)cccc2/C(N)=N/O)CC1. The lowest BCUT2D eigenvalue weighted by Crippen LogP contribution is -2.40. The summed E-state index contributed by atoms with van der Waals surface area (Å²) in [5, 5.41) is 12.2. The standard InChI is InChI=1S/C17H27N3O/c1-4-17(5-2)9-11-20(12-10-17)15-13(3)7-6-8-14(15)16(18)19-21/h6-8,21H,4-5,9-12H2,1-3H3,(H2,18,19). The Bertz CT molecular complexity index is 511. The van der Waals surface area contributed by atoms with Crippen LogP contribution in [0.4, 0.5) is 5.69 Å². The van der Waals surface area contributed by atoms with Crippen LogP contribution in [0, 0.1) is 12.3 Å². The summed E-state index contributed by atoms with van der Waals surface area (Å²) >= 11 is 0. The van der Waals surface area contributed by atoms with Gasteiger partial charge in [-0.1, -0.05) is 44.0 Å². The zero-order valence-electron chi connectivity index (χ0n) is 13.4. The van der Waals surface area contributed by atoms with Crippen LogP contribution >= 0.6 is 0 Å². The Labute approximate surface area is 127 Å². The third-order valence-electron chi connectivity index (χ3n) is 5.26. The van der Waals surface area contributed by atoms with Crippen molar-refractivity contribution < 1.29 is 5.21 Å². The average Bonchev–Trinajstić information content (AvgIpc) is 2.54. The number of benzene rings is 1. The Balaban J connectivity index is 2.28. The first kappa shape index (κ1) is 15.7. The largest absolute Gasteiger partial charge is 0.409 e. The Kier molecular flexibility index (Phi) is 4.76. The van der Waals surface area contributed by atoms with Crippen molar-refractivity contribution in [2.24, 2.45) is 16.3 Å². The minimum atomic E-state index is 0.191. The van der Waals surface area contributed by atoms with E-state index in [-0.39, 0.29) is 5.84 Å². The van der Waals surface area contributed by atoms with Gasteiger partial charge in [0.2, 0.25) is 0 Å². The maximum absolute atomic E-state index is 9.01. The predicted octanol–water partition coefficient (Wildman–Crippen LogP) is 3.50. The zero-order valence-corrected chi connectivity index (χ0v) is 13.4. The molecular formula is C17H27N3O. The summed E-state index contributed by atoms with van der Waals surface area (Å²) in [7, 11) is 0. The second-order valence-electron chi connectivity index (χ2n) is 6.15. The summed E-state index contributed by atoms with van der Waals surface area (Å²) in [4.78, 5) is 2.40. The molecule has 1 aromatic carbocycles. The lowest BCUT2D eigenvalue weighted by atomic mass is 9.74. The monoisotopic (exact) mass is 289 g/mol. The van der Waals surface area contributed by atoms with Crippen molar-refractivity contribution in [1.82, 2.24) is 0 Å². The molecule has 0 unspecified atom stereocenters. The second kappa shape index (κ2) is 6.37. The van der Waals surface area contributed by atoms with E-state index in [2.05, 4.69) is 36.9 Å². The molecule has 0 spiro atoms. The van der Waals surface area contributed by atoms with Crippen LogP contribution in [-0.2, 0) is 0 Å². The summed E-state index contributed by atoms with van der Waals surface area (Å²) in [5.74, 6) is 0.191. The molecule has 0 bridgehead atoms. The summed E-state index contributed by atoms with van der Waals surface area (Å²) in [6.07, 6.45) is 4.92. The number of aryl methyl sites for hydroxylation is 1. The summed E-state index contributed by atoms with van der Waals surface area (Å²) < 4.78 is 0. The molecule has 1 fully saturated rings. The lowest BCUT2D eigenvalue weighted by Gasteiger charge is -2.43. The molecule has 3 N–H and O–H groups in total. The maximum Gasteiger partial charge on any atom is 0.172 e. The fourth-order valence-electron chi connectivity index (χ4n) is 3.50. The van der Waals surface area contributed by atoms with E-state index in [4.69, 9.17) is 10.9 Å². The third kappa shape index (κ3) is 2.99. The van der Waals surface area contributed by atoms with Crippen molar-refractivity contribution in [3.63, 3.8) is 0 Å². The molecule has 0 radical (unpaired) electrons. The van der Waals surface area contributed by atoms with Gasteiger partial charge in [0.25, 0.3) is 0 Å². The van der Waals surface area contributed by atoms with Gasteiger partial charge in [-0.3, -0.25) is 0 Å². The molecule has 0 amide bonds. The number of para-hydroxylation sites is 1. The highest BCUT2D eigenvalue weighted by molar-refractivity contribution is 6.02. The fraction of sp³-hybridized carbons (Fsp3) is 0.588. The molecule has 1 saturated heterocycles. The number of rotatable bonds is 4. The number of amidine groups is 1. The van der Waals surface area contributed by atoms with Gasteiger partial charge in [0.1, 0.15) is 0 Å². The number of hydrogen-bond donors (Lipinski definition) is 2. The highest BCUT2D eigenvalue weighted by atomic mass is 16.4. The molecule has 1 aromatic rings. The molecule has 0 saturated carbocycles. The van der Waals surface area contributed by atoms with E-state index >= 15 is 0 Å². The van der Waals surface area contributed by atoms with Gasteiger partial charge in [0.15, 0.2) is 5.84 Å². The summed E-state index contributed by atoms with van der Waals surface area (Å²) in [5.41, 5.74) is 9.48. The highest BCUT2D eigenvalue weighted by Gasteiger charge is 2.32. The van der Waals surface area contributed by atoms with Crippen LogP contribution in [0.5, 0.6) is 0 Å². The van der Waals surface area contributed by atoms with Gasteiger partial charge in [0, 0.05) is 18.7 Å². The molecule has 4 heteroatoms. The molecular weight excluding hydrogens is 262 g/mol. The smallest absolute Gasteiger partial charge is 0.172 e. The van der Waals surface area contributed by atoms with E-state index in [1.807, 2.05) is 12.1 Å². The van der Waals surface area contributed by atoms with Gasteiger partial charge in [0.05, 0.1) is 5.69 Å². The fourth-order valence-corrected chi connectivity index (χ4v) is 3.50. The Hall–Kier alpha value is -1.71. The predicted molar refractivity (Wildman–Crippen MR) is 88.2 cm³/mol. The Morgan fingerprint density at radius 2 is 1.90 bits per heavy atom. The van der Waals surface area contributed by atoms with Gasteiger partial charge in [-0.2, -0.15) is 0 Å². The summed E-state index contributed by atoms with van der Waals surface area (Å²) in [6.45, 7) is 8.77. The van der Waals surface area contributed by atoms with Crippen molar-refractivity contribution in [2.75, 3.05) is 18.0 Å². The first-order chi connectivity index (χ1) is 10.1. The average molecular weight is 289 g/mol. The van der Waals surface area contributed by atoms with Gasteiger partial charge in [-0.15, -0.1) is 0 Å². The number of piperidine rings is 1. The van der Waals surface area contributed by atoms with Crippen LogP contribution in [0.25, 0.3) is 0 Å². The summed E-state index contributed by atoms with van der Waals surface area (Å²) in [6, 6.07) is 5.97. The van der Waals surface area contributed by atoms with Gasteiger partial charge >= 0.3 is 0 Å². The molecule has 116 valence electrons. The number of nitrogens with two attached hydrogens (primary N) is 1. The van der Waals surface area contributed by atoms with E-state index in [0.29, 0.717) is 5.41 Å². The van der Waals surface area contributed by atoms with E-state index in [1.54, 1.807) is 0 Å². The van der Waals surface area contributed by atoms with Crippen LogP contribution < -0.4 is 10.6 Å². The van der Waals surface area contributed by atoms with E-state index in [9.17, 15) is 0 Å². The quantitative estimate of drug-likeness (QED) is 0.386. The van der Waals surface area contributed by atoms with Gasteiger partial charge < -0.3 is 15.8 Å². The topological polar surface area (TPSA) is 61.8 Å². The minimum Gasteiger partial charge on any atom is -0.409 e. The third-order valence-corrected chi connectivity index (χ3v) is 5.26. The Morgan fingerprint density at radius 3 is 2.43 bits per heavy atom. The number of hydrogen-bond acceptors (Lipinski definition) is 3. The molecule has 1 aliphatic heterocycles. The molecule has 0 aromatic heterocycles. The number of anilines is 1. The molecule has 1 heterocycles. The van der Waals surface area contributed by atoms with Crippen molar-refractivity contribution in [3.05, 3.63) is 29.3 Å². The van der Waals surface area contributed by atoms with Crippen molar-refractivity contribution >= 4 is 11.5 Å². The maximum atomic E-state index is 9.01. The van der Waals surface area contributed by atoms with Crippen molar-refractivity contribution in [3.8, 4) is 0 Å². The van der Waals surface area contributed by atoms with E-state index in [1.165, 1.54) is 31.2 Å². The van der Waals surface area contributed by atoms with E-state index < -0.39 is 0 Å². The minimum absolute atomic E-state index is 0.191. The van der Waals surface area contributed by atoms with Crippen LogP contribution in [0.15, 0.2) is 23.4 Å². The van der Waals surface area contributed by atoms with Crippen molar-refractivity contribution in [1.29, 1.82) is 0 Å². The highest BCUT2D eigenvalue weighted by Crippen LogP contribution is 2.40. The van der Waals surface area contributed by atoms with E-state index in [0.717, 1.165) is 24.3 Å². The van der Waals surface area contributed by atoms with Crippen LogP contribution in [-0.4, -0.2) is 24.1 Å². The zero-order chi connectivity index (χ0) is 15.5. The molecule has 1 aliphatic rings. The normalized spacial score (nSPS) is 18.8. The lowest BCUT2D eigenvalue weighted by molar-refractivity contribution is 0.199. The first-order valence-electron chi connectivity index (χ1n) is 7.89. The first-order valence-corrected chi connectivity index (χ1v) is 7.89. The van der Waals surface area contributed by atoms with Crippen LogP contribution in [0.1, 0.15) is 50.7 Å². The van der Waals surface area contributed by atoms with Crippen LogP contribution in [0.3, 0.4) is 0 Å². The Morgan fingerprint density at radius 1 is 1.29 bits per heavy atom. The molecule has 4 nitrogen and oxygen atoms in total.